The number of hydrogen-bond acceptors (Lipinski definition) is 3. The van der Waals surface area contributed by atoms with Gasteiger partial charge in [0.05, 0.1) is 11.4 Å². The fourth-order valence-corrected chi connectivity index (χ4v) is 4.39. The van der Waals surface area contributed by atoms with Gasteiger partial charge in [0, 0.05) is 17.3 Å². The average molecular weight is 443 g/mol. The van der Waals surface area contributed by atoms with Crippen molar-refractivity contribution in [1.82, 2.24) is 4.31 Å². The summed E-state index contributed by atoms with van der Waals surface area (Å²) in [7, 11) is -3.87. The molecule has 0 bridgehead atoms. The average Bonchev–Trinajstić information content (AvgIpc) is 2.71. The van der Waals surface area contributed by atoms with Gasteiger partial charge in [0.1, 0.15) is 0 Å². The zero-order chi connectivity index (χ0) is 21.7. The summed E-state index contributed by atoms with van der Waals surface area (Å²) >= 11 is 5.87. The van der Waals surface area contributed by atoms with Gasteiger partial charge in [-0.05, 0) is 55.8 Å². The summed E-state index contributed by atoms with van der Waals surface area (Å²) in [6, 6.07) is 20.8. The highest BCUT2D eigenvalue weighted by Gasteiger charge is 2.27. The molecule has 0 aliphatic heterocycles. The minimum absolute atomic E-state index is 0.0878. The molecule has 30 heavy (non-hydrogen) atoms. The molecule has 7 heteroatoms. The van der Waals surface area contributed by atoms with Gasteiger partial charge in [-0.1, -0.05) is 59.1 Å². The van der Waals surface area contributed by atoms with E-state index in [1.165, 1.54) is 4.31 Å². The van der Waals surface area contributed by atoms with Crippen LogP contribution in [0.5, 0.6) is 0 Å². The molecule has 0 saturated carbocycles. The van der Waals surface area contributed by atoms with E-state index in [-0.39, 0.29) is 18.0 Å². The van der Waals surface area contributed by atoms with Gasteiger partial charge in [-0.3, -0.25) is 4.79 Å². The number of halogens is 1. The molecule has 1 N–H and O–H groups in total. The smallest absolute Gasteiger partial charge is 0.243 e. The lowest BCUT2D eigenvalue weighted by molar-refractivity contribution is -0.116. The quantitative estimate of drug-likeness (QED) is 0.572. The highest BCUT2D eigenvalue weighted by atomic mass is 35.5. The number of anilines is 1. The maximum Gasteiger partial charge on any atom is 0.243 e. The van der Waals surface area contributed by atoms with Crippen molar-refractivity contribution in [2.24, 2.45) is 0 Å². The van der Waals surface area contributed by atoms with E-state index >= 15 is 0 Å². The highest BCUT2D eigenvalue weighted by Crippen LogP contribution is 2.20. The molecule has 0 heterocycles. The van der Waals surface area contributed by atoms with E-state index in [4.69, 9.17) is 11.6 Å². The molecule has 0 aromatic heterocycles. The molecule has 3 aromatic rings. The molecule has 156 valence electrons. The molecule has 0 saturated heterocycles. The van der Waals surface area contributed by atoms with Gasteiger partial charge in [-0.15, -0.1) is 0 Å². The molecule has 3 rings (SSSR count). The minimum atomic E-state index is -3.87. The van der Waals surface area contributed by atoms with Crippen LogP contribution in [0, 0.1) is 13.8 Å². The van der Waals surface area contributed by atoms with Crippen molar-refractivity contribution in [2.45, 2.75) is 25.3 Å². The maximum absolute atomic E-state index is 13.3. The molecule has 5 nitrogen and oxygen atoms in total. The molecule has 0 spiro atoms. The van der Waals surface area contributed by atoms with E-state index in [9.17, 15) is 13.2 Å². The molecule has 0 unspecified atom stereocenters. The number of hydrogen-bond donors (Lipinski definition) is 1. The Labute approximate surface area is 182 Å². The molecule has 0 fully saturated rings. The summed E-state index contributed by atoms with van der Waals surface area (Å²) in [5.41, 5.74) is 3.38. The summed E-state index contributed by atoms with van der Waals surface area (Å²) in [4.78, 5) is 12.8. The Kier molecular flexibility index (Phi) is 6.92. The van der Waals surface area contributed by atoms with E-state index in [0.717, 1.165) is 16.7 Å². The summed E-state index contributed by atoms with van der Waals surface area (Å²) < 4.78 is 27.7. The van der Waals surface area contributed by atoms with Crippen molar-refractivity contribution in [1.29, 1.82) is 0 Å². The lowest BCUT2D eigenvalue weighted by atomic mass is 10.1. The third-order valence-corrected chi connectivity index (χ3v) is 6.64. The van der Waals surface area contributed by atoms with Crippen LogP contribution in [0.3, 0.4) is 0 Å². The Morgan fingerprint density at radius 2 is 1.40 bits per heavy atom. The molecule has 0 radical (unpaired) electrons. The first-order chi connectivity index (χ1) is 14.2. The highest BCUT2D eigenvalue weighted by molar-refractivity contribution is 7.89. The van der Waals surface area contributed by atoms with Gasteiger partial charge >= 0.3 is 0 Å². The SMILES string of the molecule is Cc1ccc(CN(CC(=O)Nc2ccc(Cl)cc2)S(=O)(=O)c2ccc(C)cc2)cc1. The number of benzene rings is 3. The normalized spacial score (nSPS) is 11.5. The number of nitrogens with zero attached hydrogens (tertiary/aromatic N) is 1. The Morgan fingerprint density at radius 1 is 0.867 bits per heavy atom. The van der Waals surface area contributed by atoms with Gasteiger partial charge in [0.2, 0.25) is 15.9 Å². The molecule has 1 amide bonds. The van der Waals surface area contributed by atoms with Crippen LogP contribution in [0.15, 0.2) is 77.7 Å². The van der Waals surface area contributed by atoms with E-state index in [1.807, 2.05) is 38.1 Å². The fourth-order valence-electron chi connectivity index (χ4n) is 2.88. The predicted octanol–water partition coefficient (Wildman–Crippen LogP) is 4.79. The van der Waals surface area contributed by atoms with Gasteiger partial charge < -0.3 is 5.32 Å². The van der Waals surface area contributed by atoms with Gasteiger partial charge in [-0.2, -0.15) is 4.31 Å². The Bertz CT molecular complexity index is 1110. The second-order valence-corrected chi connectivity index (χ2v) is 9.50. The lowest BCUT2D eigenvalue weighted by Crippen LogP contribution is -2.37. The van der Waals surface area contributed by atoms with Gasteiger partial charge in [0.25, 0.3) is 0 Å². The first-order valence-corrected chi connectivity index (χ1v) is 11.2. The number of carbonyl (C=O) groups excluding carboxylic acids is 1. The first-order valence-electron chi connectivity index (χ1n) is 9.42. The van der Waals surface area contributed by atoms with Crippen molar-refractivity contribution >= 4 is 33.2 Å². The van der Waals surface area contributed by atoms with Crippen LogP contribution in [0.25, 0.3) is 0 Å². The summed E-state index contributed by atoms with van der Waals surface area (Å²) in [5, 5.41) is 3.28. The molecular weight excluding hydrogens is 420 g/mol. The van der Waals surface area contributed by atoms with Crippen molar-refractivity contribution in [3.63, 3.8) is 0 Å². The zero-order valence-corrected chi connectivity index (χ0v) is 18.4. The van der Waals surface area contributed by atoms with Crippen molar-refractivity contribution in [3.8, 4) is 0 Å². The second kappa shape index (κ2) is 9.43. The molecular formula is C23H23ClN2O3S. The zero-order valence-electron chi connectivity index (χ0n) is 16.8. The number of sulfonamides is 1. The lowest BCUT2D eigenvalue weighted by Gasteiger charge is -2.22. The fraction of sp³-hybridized carbons (Fsp3) is 0.174. The monoisotopic (exact) mass is 442 g/mol. The summed E-state index contributed by atoms with van der Waals surface area (Å²) in [6.45, 7) is 3.63. The van der Waals surface area contributed by atoms with Gasteiger partial charge in [-0.25, -0.2) is 8.42 Å². The molecule has 3 aromatic carbocycles. The number of carbonyl (C=O) groups is 1. The van der Waals surface area contributed by atoms with E-state index in [1.54, 1.807) is 48.5 Å². The van der Waals surface area contributed by atoms with E-state index in [2.05, 4.69) is 5.32 Å². The first kappa shape index (κ1) is 22.0. The summed E-state index contributed by atoms with van der Waals surface area (Å²) in [5.74, 6) is -0.430. The Hall–Kier alpha value is -2.67. The standard InChI is InChI=1S/C23H23ClN2O3S/c1-17-3-7-19(8-4-17)15-26(30(28,29)22-13-5-18(2)6-14-22)16-23(27)25-21-11-9-20(24)10-12-21/h3-14H,15-16H2,1-2H3,(H,25,27). The summed E-state index contributed by atoms with van der Waals surface area (Å²) in [6.07, 6.45) is 0. The van der Waals surface area contributed by atoms with Crippen LogP contribution < -0.4 is 5.32 Å². The van der Waals surface area contributed by atoms with Crippen LogP contribution in [0.2, 0.25) is 5.02 Å². The Balaban J connectivity index is 1.86. The van der Waals surface area contributed by atoms with Crippen LogP contribution in [0.1, 0.15) is 16.7 Å². The van der Waals surface area contributed by atoms with Gasteiger partial charge in [0.15, 0.2) is 0 Å². The number of aryl methyl sites for hydroxylation is 2. The second-order valence-electron chi connectivity index (χ2n) is 7.13. The van der Waals surface area contributed by atoms with E-state index < -0.39 is 15.9 Å². The third kappa shape index (κ3) is 5.69. The van der Waals surface area contributed by atoms with Crippen LogP contribution in [-0.4, -0.2) is 25.2 Å². The minimum Gasteiger partial charge on any atom is -0.325 e. The van der Waals surface area contributed by atoms with Crippen molar-refractivity contribution in [3.05, 3.63) is 94.5 Å². The topological polar surface area (TPSA) is 66.5 Å². The molecule has 0 aliphatic carbocycles. The largest absolute Gasteiger partial charge is 0.325 e. The van der Waals surface area contributed by atoms with Crippen molar-refractivity contribution < 1.29 is 13.2 Å². The number of nitrogens with one attached hydrogen (secondary N) is 1. The van der Waals surface area contributed by atoms with Crippen molar-refractivity contribution in [2.75, 3.05) is 11.9 Å². The molecule has 0 atom stereocenters. The van der Waals surface area contributed by atoms with Crippen LogP contribution >= 0.6 is 11.6 Å². The number of rotatable bonds is 7. The third-order valence-electron chi connectivity index (χ3n) is 4.59. The maximum atomic E-state index is 13.3. The van der Waals surface area contributed by atoms with Crippen LogP contribution in [-0.2, 0) is 21.4 Å². The van der Waals surface area contributed by atoms with E-state index in [0.29, 0.717) is 10.7 Å². The Morgan fingerprint density at radius 3 is 1.97 bits per heavy atom. The predicted molar refractivity (Wildman–Crippen MR) is 120 cm³/mol. The van der Waals surface area contributed by atoms with Crippen LogP contribution in [0.4, 0.5) is 5.69 Å². The molecule has 0 aliphatic rings. The number of amides is 1.